The third kappa shape index (κ3) is 3.03. The Labute approximate surface area is 157 Å². The van der Waals surface area contributed by atoms with E-state index in [0.29, 0.717) is 24.7 Å². The highest BCUT2D eigenvalue weighted by Crippen LogP contribution is 2.38. The Hall–Kier alpha value is -2.61. The van der Waals surface area contributed by atoms with Gasteiger partial charge in [0.05, 0.1) is 30.7 Å². The normalized spacial score (nSPS) is 20.8. The van der Waals surface area contributed by atoms with Gasteiger partial charge in [0.25, 0.3) is 0 Å². The van der Waals surface area contributed by atoms with Gasteiger partial charge in [0, 0.05) is 37.5 Å². The van der Waals surface area contributed by atoms with Crippen LogP contribution in [0, 0.1) is 6.92 Å². The van der Waals surface area contributed by atoms with Crippen LogP contribution in [0.15, 0.2) is 18.6 Å². The number of anilines is 1. The van der Waals surface area contributed by atoms with Crippen molar-refractivity contribution >= 4 is 17.1 Å². The molecule has 1 unspecified atom stereocenters. The fraction of sp³-hybridized carbons (Fsp3) is 0.526. The zero-order valence-corrected chi connectivity index (χ0v) is 15.7. The highest BCUT2D eigenvalue weighted by atomic mass is 16.5. The van der Waals surface area contributed by atoms with Crippen molar-refractivity contribution in [1.82, 2.24) is 29.7 Å². The van der Waals surface area contributed by atoms with Gasteiger partial charge in [0.2, 0.25) is 5.95 Å². The van der Waals surface area contributed by atoms with Gasteiger partial charge in [-0.25, -0.2) is 15.0 Å². The summed E-state index contributed by atoms with van der Waals surface area (Å²) in [5.41, 5.74) is 4.57. The molecule has 2 aliphatic rings. The second-order valence-electron chi connectivity index (χ2n) is 7.47. The molecular formula is C19H23N7O. The van der Waals surface area contributed by atoms with Gasteiger partial charge >= 0.3 is 0 Å². The first-order chi connectivity index (χ1) is 13.2. The molecule has 27 heavy (non-hydrogen) atoms. The van der Waals surface area contributed by atoms with Gasteiger partial charge in [-0.3, -0.25) is 4.68 Å². The predicted octanol–water partition coefficient (Wildman–Crippen LogP) is 2.31. The highest BCUT2D eigenvalue weighted by molar-refractivity contribution is 5.74. The van der Waals surface area contributed by atoms with Crippen molar-refractivity contribution in [1.29, 1.82) is 0 Å². The van der Waals surface area contributed by atoms with E-state index in [1.807, 2.05) is 26.4 Å². The number of hydrogen-bond donors (Lipinski definition) is 0. The molecule has 5 rings (SSSR count). The highest BCUT2D eigenvalue weighted by Gasteiger charge is 2.29. The molecule has 2 fully saturated rings. The molecule has 3 aromatic heterocycles. The summed E-state index contributed by atoms with van der Waals surface area (Å²) in [5.74, 6) is 1.21. The van der Waals surface area contributed by atoms with E-state index >= 15 is 0 Å². The lowest BCUT2D eigenvalue weighted by atomic mass is 9.82. The van der Waals surface area contributed by atoms with Crippen LogP contribution in [0.2, 0.25) is 0 Å². The largest absolute Gasteiger partial charge is 0.370 e. The van der Waals surface area contributed by atoms with Gasteiger partial charge in [-0.2, -0.15) is 10.1 Å². The fourth-order valence-corrected chi connectivity index (χ4v) is 3.75. The van der Waals surface area contributed by atoms with E-state index in [1.54, 1.807) is 10.9 Å². The van der Waals surface area contributed by atoms with Crippen LogP contribution in [-0.2, 0) is 11.8 Å². The standard InChI is InChI=1S/C19H23N7O/c1-12-8-20-17-16(13-4-3-5-13)23-19(24-18(17)22-12)26-6-7-27-15(11-26)14-9-21-25(2)10-14/h8-10,13,15H,3-7,11H2,1-2H3. The number of aryl methyl sites for hydroxylation is 2. The smallest absolute Gasteiger partial charge is 0.227 e. The molecule has 0 N–H and O–H groups in total. The van der Waals surface area contributed by atoms with Crippen molar-refractivity contribution in [2.45, 2.75) is 38.2 Å². The van der Waals surface area contributed by atoms with E-state index < -0.39 is 0 Å². The van der Waals surface area contributed by atoms with Crippen LogP contribution in [-0.4, -0.2) is 49.4 Å². The molecule has 1 aliphatic carbocycles. The quantitative estimate of drug-likeness (QED) is 0.704. The van der Waals surface area contributed by atoms with Crippen LogP contribution in [0.4, 0.5) is 5.95 Å². The Kier molecular flexibility index (Phi) is 4.00. The summed E-state index contributed by atoms with van der Waals surface area (Å²) in [5, 5.41) is 4.26. The Balaban J connectivity index is 1.51. The molecular weight excluding hydrogens is 342 g/mol. The number of fused-ring (bicyclic) bond motifs is 1. The van der Waals surface area contributed by atoms with Gasteiger partial charge < -0.3 is 9.64 Å². The summed E-state index contributed by atoms with van der Waals surface area (Å²) in [6.45, 7) is 4.07. The van der Waals surface area contributed by atoms with Crippen LogP contribution < -0.4 is 4.90 Å². The van der Waals surface area contributed by atoms with Crippen molar-refractivity contribution < 1.29 is 4.74 Å². The van der Waals surface area contributed by atoms with Gasteiger partial charge in [-0.05, 0) is 19.8 Å². The monoisotopic (exact) mass is 365 g/mol. The summed E-state index contributed by atoms with van der Waals surface area (Å²) in [6, 6.07) is 0. The minimum Gasteiger partial charge on any atom is -0.370 e. The summed E-state index contributed by atoms with van der Waals surface area (Å²) in [4.78, 5) is 21.1. The van der Waals surface area contributed by atoms with Crippen LogP contribution in [0.1, 0.15) is 48.2 Å². The summed E-state index contributed by atoms with van der Waals surface area (Å²) in [7, 11) is 1.92. The molecule has 0 amide bonds. The molecule has 0 aromatic carbocycles. The Morgan fingerprint density at radius 1 is 1.15 bits per heavy atom. The van der Waals surface area contributed by atoms with Crippen molar-refractivity contribution in [3.63, 3.8) is 0 Å². The molecule has 1 atom stereocenters. The lowest BCUT2D eigenvalue weighted by Gasteiger charge is -2.33. The fourth-order valence-electron chi connectivity index (χ4n) is 3.75. The molecule has 1 aliphatic heterocycles. The maximum atomic E-state index is 5.97. The number of rotatable bonds is 3. The van der Waals surface area contributed by atoms with E-state index in [4.69, 9.17) is 14.7 Å². The van der Waals surface area contributed by atoms with Crippen molar-refractivity contribution in [3.05, 3.63) is 35.5 Å². The van der Waals surface area contributed by atoms with Crippen molar-refractivity contribution in [3.8, 4) is 0 Å². The minimum atomic E-state index is -0.0255. The number of morpholine rings is 1. The molecule has 1 saturated heterocycles. The van der Waals surface area contributed by atoms with Crippen molar-refractivity contribution in [2.24, 2.45) is 7.05 Å². The Bertz CT molecular complexity index is 981. The van der Waals surface area contributed by atoms with Crippen LogP contribution in [0.3, 0.4) is 0 Å². The maximum absolute atomic E-state index is 5.97. The van der Waals surface area contributed by atoms with Gasteiger partial charge in [0.1, 0.15) is 11.6 Å². The number of hydrogen-bond acceptors (Lipinski definition) is 7. The second kappa shape index (κ2) is 6.53. The van der Waals surface area contributed by atoms with Crippen LogP contribution in [0.25, 0.3) is 11.2 Å². The van der Waals surface area contributed by atoms with Crippen LogP contribution >= 0.6 is 0 Å². The molecule has 0 bridgehead atoms. The SMILES string of the molecule is Cc1cnc2c(C3CCC3)nc(N3CCOC(c4cnn(C)c4)C3)nc2n1. The average Bonchev–Trinajstić information content (AvgIpc) is 3.06. The van der Waals surface area contributed by atoms with Gasteiger partial charge in [-0.1, -0.05) is 6.42 Å². The van der Waals surface area contributed by atoms with E-state index in [2.05, 4.69) is 20.0 Å². The summed E-state index contributed by atoms with van der Waals surface area (Å²) < 4.78 is 7.77. The summed E-state index contributed by atoms with van der Waals surface area (Å²) >= 11 is 0. The third-order valence-electron chi connectivity index (χ3n) is 5.48. The minimum absolute atomic E-state index is 0.0255. The second-order valence-corrected chi connectivity index (χ2v) is 7.47. The maximum Gasteiger partial charge on any atom is 0.227 e. The first kappa shape index (κ1) is 16.6. The van der Waals surface area contributed by atoms with E-state index in [1.165, 1.54) is 19.3 Å². The average molecular weight is 365 g/mol. The van der Waals surface area contributed by atoms with Gasteiger partial charge in [-0.15, -0.1) is 0 Å². The first-order valence-electron chi connectivity index (χ1n) is 9.54. The van der Waals surface area contributed by atoms with E-state index in [9.17, 15) is 0 Å². The molecule has 1 saturated carbocycles. The third-order valence-corrected chi connectivity index (χ3v) is 5.48. The number of aromatic nitrogens is 6. The predicted molar refractivity (Wildman–Crippen MR) is 101 cm³/mol. The number of nitrogens with zero attached hydrogens (tertiary/aromatic N) is 7. The first-order valence-corrected chi connectivity index (χ1v) is 9.54. The Morgan fingerprint density at radius 2 is 2.04 bits per heavy atom. The van der Waals surface area contributed by atoms with Crippen LogP contribution in [0.5, 0.6) is 0 Å². The topological polar surface area (TPSA) is 81.9 Å². The molecule has 8 heteroatoms. The summed E-state index contributed by atoms with van der Waals surface area (Å²) in [6.07, 6.45) is 9.24. The molecule has 140 valence electrons. The zero-order valence-electron chi connectivity index (χ0n) is 15.7. The zero-order chi connectivity index (χ0) is 18.4. The Morgan fingerprint density at radius 3 is 2.78 bits per heavy atom. The van der Waals surface area contributed by atoms with E-state index in [-0.39, 0.29) is 6.10 Å². The lowest BCUT2D eigenvalue weighted by Crippen LogP contribution is -2.39. The lowest BCUT2D eigenvalue weighted by molar-refractivity contribution is 0.0392. The van der Waals surface area contributed by atoms with Crippen molar-refractivity contribution in [2.75, 3.05) is 24.6 Å². The van der Waals surface area contributed by atoms with Gasteiger partial charge in [0.15, 0.2) is 5.65 Å². The number of ether oxygens (including phenoxy) is 1. The molecule has 0 radical (unpaired) electrons. The molecule has 4 heterocycles. The molecule has 8 nitrogen and oxygen atoms in total. The van der Waals surface area contributed by atoms with E-state index in [0.717, 1.165) is 35.0 Å². The molecule has 3 aromatic rings. The molecule has 0 spiro atoms.